The maximum absolute atomic E-state index is 13.1. The molecule has 0 unspecified atom stereocenters. The molecule has 0 bridgehead atoms. The van der Waals surface area contributed by atoms with Crippen LogP contribution in [0.1, 0.15) is 25.0 Å². The van der Waals surface area contributed by atoms with E-state index in [1.54, 1.807) is 19.9 Å². The summed E-state index contributed by atoms with van der Waals surface area (Å²) in [6.07, 6.45) is -3.71. The average Bonchev–Trinajstić information content (AvgIpc) is 3.16. The second kappa shape index (κ2) is 7.21. The summed E-state index contributed by atoms with van der Waals surface area (Å²) in [4.78, 5) is 13.0. The fourth-order valence-electron chi connectivity index (χ4n) is 4.55. The van der Waals surface area contributed by atoms with Gasteiger partial charge in [0.25, 0.3) is 0 Å². The zero-order valence-corrected chi connectivity index (χ0v) is 17.4. The second-order valence-corrected chi connectivity index (χ2v) is 8.26. The van der Waals surface area contributed by atoms with Crippen LogP contribution < -0.4 is 0 Å². The number of hydrogen-bond acceptors (Lipinski definition) is 2. The van der Waals surface area contributed by atoms with Gasteiger partial charge in [0.15, 0.2) is 0 Å². The first kappa shape index (κ1) is 21.4. The fraction of sp³-hybridized carbons (Fsp3) is 0.348. The van der Waals surface area contributed by atoms with Gasteiger partial charge in [-0.2, -0.15) is 13.2 Å². The lowest BCUT2D eigenvalue weighted by Gasteiger charge is -2.22. The Kier molecular flexibility index (Phi) is 5.33. The van der Waals surface area contributed by atoms with Gasteiger partial charge in [0.2, 0.25) is 0 Å². The lowest BCUT2D eigenvalue weighted by atomic mass is 9.82. The van der Waals surface area contributed by atoms with E-state index in [0.29, 0.717) is 5.56 Å². The first-order chi connectivity index (χ1) is 13.5. The van der Waals surface area contributed by atoms with Crippen LogP contribution in [-0.4, -0.2) is 19.3 Å². The van der Waals surface area contributed by atoms with Crippen molar-refractivity contribution in [2.75, 3.05) is 7.11 Å². The first-order valence-electron chi connectivity index (χ1n) is 9.18. The molecule has 3 rings (SSSR count). The lowest BCUT2D eigenvalue weighted by molar-refractivity contribution is -0.145. The molecule has 2 atom stereocenters. The van der Waals surface area contributed by atoms with Crippen LogP contribution in [0, 0.1) is 18.3 Å². The molecule has 0 N–H and O–H groups in total. The number of alkyl halides is 3. The van der Waals surface area contributed by atoms with Gasteiger partial charge in [-0.25, -0.2) is 0 Å². The smallest absolute Gasteiger partial charge is 0.426 e. The normalized spacial score (nSPS) is 23.6. The molecule has 1 aliphatic carbocycles. The summed E-state index contributed by atoms with van der Waals surface area (Å²) >= 11 is 5.53. The van der Waals surface area contributed by atoms with Crippen molar-refractivity contribution >= 4 is 17.6 Å². The molecule has 2 nitrogen and oxygen atoms in total. The van der Waals surface area contributed by atoms with Crippen LogP contribution in [0.4, 0.5) is 13.2 Å². The van der Waals surface area contributed by atoms with Gasteiger partial charge in [-0.3, -0.25) is 4.79 Å². The van der Waals surface area contributed by atoms with E-state index in [9.17, 15) is 18.0 Å². The molecule has 2 aromatic carbocycles. The number of methoxy groups -OCH3 is 1. The number of ether oxygens (including phenoxy) is 1. The van der Waals surface area contributed by atoms with Gasteiger partial charge in [-0.05, 0) is 34.6 Å². The van der Waals surface area contributed by atoms with Gasteiger partial charge in [0.05, 0.1) is 7.11 Å². The third kappa shape index (κ3) is 3.25. The van der Waals surface area contributed by atoms with E-state index in [1.807, 2.05) is 49.4 Å². The summed E-state index contributed by atoms with van der Waals surface area (Å²) < 4.78 is 44.3. The number of hydrogen-bond donors (Lipinski definition) is 0. The quantitative estimate of drug-likeness (QED) is 0.532. The highest BCUT2D eigenvalue weighted by Gasteiger charge is 2.76. The van der Waals surface area contributed by atoms with Crippen molar-refractivity contribution in [2.24, 2.45) is 11.3 Å². The number of allylic oxidation sites excluding steroid dienone is 2. The Morgan fingerprint density at radius 1 is 1.10 bits per heavy atom. The molecule has 154 valence electrons. The summed E-state index contributed by atoms with van der Waals surface area (Å²) in [6, 6.07) is 15.2. The zero-order valence-electron chi connectivity index (χ0n) is 16.6. The summed E-state index contributed by atoms with van der Waals surface area (Å²) in [5, 5.41) is -1.22. The number of rotatable bonds is 4. The van der Waals surface area contributed by atoms with Gasteiger partial charge in [-0.15, -0.1) is 0 Å². The molecule has 0 aromatic heterocycles. The van der Waals surface area contributed by atoms with E-state index in [1.165, 1.54) is 7.11 Å². The molecular weight excluding hydrogens is 401 g/mol. The minimum atomic E-state index is -4.66. The number of benzene rings is 2. The number of halogens is 4. The zero-order chi connectivity index (χ0) is 21.6. The second-order valence-electron chi connectivity index (χ2n) is 7.86. The van der Waals surface area contributed by atoms with Crippen LogP contribution in [0.2, 0.25) is 0 Å². The van der Waals surface area contributed by atoms with Gasteiger partial charge in [0, 0.05) is 5.92 Å². The molecule has 0 heterocycles. The molecule has 0 saturated heterocycles. The van der Waals surface area contributed by atoms with E-state index in [0.717, 1.165) is 22.8 Å². The lowest BCUT2D eigenvalue weighted by Crippen LogP contribution is -2.29. The van der Waals surface area contributed by atoms with Gasteiger partial charge in [0.1, 0.15) is 10.4 Å². The molecule has 29 heavy (non-hydrogen) atoms. The number of carbonyl (C=O) groups is 1. The van der Waals surface area contributed by atoms with Crippen molar-refractivity contribution in [3.8, 4) is 11.1 Å². The highest BCUT2D eigenvalue weighted by atomic mass is 35.5. The average molecular weight is 423 g/mol. The van der Waals surface area contributed by atoms with Crippen LogP contribution in [-0.2, 0) is 14.9 Å². The van der Waals surface area contributed by atoms with Crippen molar-refractivity contribution in [3.63, 3.8) is 0 Å². The molecule has 0 radical (unpaired) electrons. The third-order valence-corrected chi connectivity index (χ3v) is 6.45. The molecule has 0 amide bonds. The summed E-state index contributed by atoms with van der Waals surface area (Å²) in [6.45, 7) is 5.41. The van der Waals surface area contributed by atoms with Crippen LogP contribution >= 0.6 is 11.6 Å². The molecule has 1 fully saturated rings. The van der Waals surface area contributed by atoms with Crippen LogP contribution in [0.25, 0.3) is 11.1 Å². The SMILES string of the molecule is COC(=O)[C@@]1(c2cccc(-c3ccccc3)c2C)[C@@H](C=C(Cl)C(F)(F)F)C1(C)C. The van der Waals surface area contributed by atoms with E-state index >= 15 is 0 Å². The largest absolute Gasteiger partial charge is 0.468 e. The monoisotopic (exact) mass is 422 g/mol. The van der Waals surface area contributed by atoms with E-state index in [-0.39, 0.29) is 0 Å². The van der Waals surface area contributed by atoms with Gasteiger partial charge < -0.3 is 4.74 Å². The van der Waals surface area contributed by atoms with Crippen molar-refractivity contribution in [3.05, 3.63) is 70.8 Å². The Hall–Kier alpha value is -2.27. The Morgan fingerprint density at radius 3 is 2.28 bits per heavy atom. The molecular formula is C23H22ClF3O2. The predicted octanol–water partition coefficient (Wildman–Crippen LogP) is 6.41. The van der Waals surface area contributed by atoms with Crippen LogP contribution in [0.5, 0.6) is 0 Å². The summed E-state index contributed by atoms with van der Waals surface area (Å²) in [7, 11) is 1.25. The Balaban J connectivity index is 2.21. The minimum absolute atomic E-state index is 0.566. The highest BCUT2D eigenvalue weighted by Crippen LogP contribution is 2.71. The van der Waals surface area contributed by atoms with Crippen LogP contribution in [0.15, 0.2) is 59.6 Å². The van der Waals surface area contributed by atoms with E-state index < -0.39 is 33.9 Å². The Labute approximate surface area is 173 Å². The predicted molar refractivity (Wildman–Crippen MR) is 108 cm³/mol. The molecule has 0 spiro atoms. The van der Waals surface area contributed by atoms with Crippen molar-refractivity contribution in [2.45, 2.75) is 32.4 Å². The molecule has 2 aromatic rings. The molecule has 1 aliphatic rings. The maximum Gasteiger partial charge on any atom is 0.426 e. The summed E-state index contributed by atoms with van der Waals surface area (Å²) in [5.41, 5.74) is 1.32. The number of esters is 1. The highest BCUT2D eigenvalue weighted by molar-refractivity contribution is 6.30. The minimum Gasteiger partial charge on any atom is -0.468 e. The van der Waals surface area contributed by atoms with Crippen LogP contribution in [0.3, 0.4) is 0 Å². The van der Waals surface area contributed by atoms with Crippen molar-refractivity contribution in [1.29, 1.82) is 0 Å². The Bertz CT molecular complexity index is 964. The Morgan fingerprint density at radius 2 is 1.72 bits per heavy atom. The molecule has 0 aliphatic heterocycles. The van der Waals surface area contributed by atoms with Gasteiger partial charge >= 0.3 is 12.1 Å². The van der Waals surface area contributed by atoms with Gasteiger partial charge in [-0.1, -0.05) is 80.1 Å². The molecule has 1 saturated carbocycles. The standard InChI is InChI=1S/C23H22ClF3O2/c1-14-16(15-9-6-5-7-10-15)11-8-12-17(14)22(20(28)29-4)18(21(22,2)3)13-19(24)23(25,26)27/h5-13,18H,1-4H3/t18-,22+/m0/s1. The van der Waals surface area contributed by atoms with E-state index in [4.69, 9.17) is 16.3 Å². The van der Waals surface area contributed by atoms with Crippen molar-refractivity contribution < 1.29 is 22.7 Å². The number of carbonyl (C=O) groups excluding carboxylic acids is 1. The first-order valence-corrected chi connectivity index (χ1v) is 9.55. The fourth-order valence-corrected chi connectivity index (χ4v) is 4.67. The topological polar surface area (TPSA) is 26.3 Å². The summed E-state index contributed by atoms with van der Waals surface area (Å²) in [5.74, 6) is -1.31. The molecule has 6 heteroatoms. The van der Waals surface area contributed by atoms with E-state index in [2.05, 4.69) is 0 Å². The van der Waals surface area contributed by atoms with Crippen molar-refractivity contribution in [1.82, 2.24) is 0 Å². The third-order valence-electron chi connectivity index (χ3n) is 6.11. The maximum atomic E-state index is 13.1.